The molecule has 1 heterocycles. The van der Waals surface area contributed by atoms with Gasteiger partial charge in [0.15, 0.2) is 10.7 Å². The Hall–Kier alpha value is -2.84. The molecule has 0 fully saturated rings. The van der Waals surface area contributed by atoms with Gasteiger partial charge < -0.3 is 14.6 Å². The van der Waals surface area contributed by atoms with Crippen LogP contribution >= 0.6 is 11.6 Å². The first-order chi connectivity index (χ1) is 13.4. The molecule has 3 aromatic rings. The van der Waals surface area contributed by atoms with Crippen molar-refractivity contribution in [2.45, 2.75) is 17.9 Å². The Labute approximate surface area is 168 Å². The summed E-state index contributed by atoms with van der Waals surface area (Å²) in [5.74, 6) is 0.101. The fourth-order valence-corrected chi connectivity index (χ4v) is 3.39. The van der Waals surface area contributed by atoms with Gasteiger partial charge in [0.2, 0.25) is 11.8 Å². The monoisotopic (exact) mass is 419 g/mol. The molecule has 0 atom stereocenters. The minimum atomic E-state index is -2.86. The third kappa shape index (κ3) is 5.11. The SMILES string of the molecule is Cn1cnc(OCc2ccc(NC(=O)Cc3ccccc3Cl)cc2[SH](=O)=O)c1. The number of aryl methyl sites for hydroxylation is 1. The van der Waals surface area contributed by atoms with Crippen molar-refractivity contribution in [1.82, 2.24) is 9.55 Å². The van der Waals surface area contributed by atoms with Crippen LogP contribution in [0.1, 0.15) is 11.1 Å². The third-order valence-electron chi connectivity index (χ3n) is 3.93. The van der Waals surface area contributed by atoms with Crippen LogP contribution in [0.3, 0.4) is 0 Å². The van der Waals surface area contributed by atoms with E-state index >= 15 is 0 Å². The quantitative estimate of drug-likeness (QED) is 0.575. The van der Waals surface area contributed by atoms with Gasteiger partial charge in [0.1, 0.15) is 6.61 Å². The Balaban J connectivity index is 1.71. The molecule has 9 heteroatoms. The van der Waals surface area contributed by atoms with Gasteiger partial charge in [-0.25, -0.2) is 13.4 Å². The summed E-state index contributed by atoms with van der Waals surface area (Å²) in [7, 11) is -1.06. The van der Waals surface area contributed by atoms with Gasteiger partial charge in [0, 0.05) is 23.3 Å². The van der Waals surface area contributed by atoms with E-state index in [1.54, 1.807) is 60.5 Å². The maximum Gasteiger partial charge on any atom is 0.231 e. The lowest BCUT2D eigenvalue weighted by Gasteiger charge is -2.10. The van der Waals surface area contributed by atoms with Crippen molar-refractivity contribution in [1.29, 1.82) is 0 Å². The summed E-state index contributed by atoms with van der Waals surface area (Å²) in [4.78, 5) is 16.4. The number of rotatable bonds is 7. The molecule has 0 saturated heterocycles. The lowest BCUT2D eigenvalue weighted by atomic mass is 10.1. The zero-order valence-corrected chi connectivity index (χ0v) is 16.6. The first kappa shape index (κ1) is 19.9. The van der Waals surface area contributed by atoms with Gasteiger partial charge in [0.25, 0.3) is 0 Å². The van der Waals surface area contributed by atoms with E-state index in [-0.39, 0.29) is 23.8 Å². The molecule has 3 rings (SSSR count). The van der Waals surface area contributed by atoms with Crippen LogP contribution in [0.2, 0.25) is 5.02 Å². The van der Waals surface area contributed by atoms with Crippen LogP contribution < -0.4 is 10.1 Å². The molecule has 0 saturated carbocycles. The molecule has 0 aliphatic rings. The molecule has 0 aliphatic heterocycles. The van der Waals surface area contributed by atoms with E-state index in [2.05, 4.69) is 10.3 Å². The van der Waals surface area contributed by atoms with Crippen molar-refractivity contribution >= 4 is 33.9 Å². The smallest absolute Gasteiger partial charge is 0.231 e. The van der Waals surface area contributed by atoms with Gasteiger partial charge >= 0.3 is 0 Å². The van der Waals surface area contributed by atoms with Gasteiger partial charge in [-0.15, -0.1) is 0 Å². The second-order valence-electron chi connectivity index (χ2n) is 6.08. The molecular formula is C19H18ClN3O4S. The number of hydrogen-bond acceptors (Lipinski definition) is 5. The fourth-order valence-electron chi connectivity index (χ4n) is 2.57. The highest BCUT2D eigenvalue weighted by Crippen LogP contribution is 2.21. The number of amides is 1. The molecule has 0 radical (unpaired) electrons. The predicted octanol–water partition coefficient (Wildman–Crippen LogP) is 2.80. The Morgan fingerprint density at radius 3 is 2.68 bits per heavy atom. The second kappa shape index (κ2) is 8.90. The number of nitrogens with zero attached hydrogens (tertiary/aromatic N) is 2. The highest BCUT2D eigenvalue weighted by atomic mass is 35.5. The number of nitrogens with one attached hydrogen (secondary N) is 1. The number of benzene rings is 2. The van der Waals surface area contributed by atoms with Gasteiger partial charge in [-0.2, -0.15) is 0 Å². The van der Waals surface area contributed by atoms with Crippen molar-refractivity contribution in [3.8, 4) is 5.88 Å². The number of ether oxygens (including phenoxy) is 1. The van der Waals surface area contributed by atoms with Crippen LogP contribution in [0.25, 0.3) is 0 Å². The standard InChI is InChI=1S/C19H18ClN3O4S/c1-23-10-19(21-12-23)27-11-14-6-7-15(9-17(14)28(25)26)22-18(24)8-13-4-2-3-5-16(13)20/h2-7,9-10,12,28H,8,11H2,1H3,(H,22,24). The summed E-state index contributed by atoms with van der Waals surface area (Å²) in [6.45, 7) is 0.0451. The van der Waals surface area contributed by atoms with E-state index in [9.17, 15) is 13.2 Å². The van der Waals surface area contributed by atoms with E-state index in [1.165, 1.54) is 6.07 Å². The Kier molecular flexibility index (Phi) is 6.33. The summed E-state index contributed by atoms with van der Waals surface area (Å²) in [6, 6.07) is 11.7. The van der Waals surface area contributed by atoms with Crippen LogP contribution in [-0.2, 0) is 35.6 Å². The third-order valence-corrected chi connectivity index (χ3v) is 5.11. The topological polar surface area (TPSA) is 90.3 Å². The van der Waals surface area contributed by atoms with E-state index in [0.717, 1.165) is 0 Å². The number of aromatic nitrogens is 2. The molecule has 28 heavy (non-hydrogen) atoms. The predicted molar refractivity (Wildman–Crippen MR) is 106 cm³/mol. The van der Waals surface area contributed by atoms with E-state index in [0.29, 0.717) is 27.7 Å². The molecule has 2 aromatic carbocycles. The summed E-state index contributed by atoms with van der Waals surface area (Å²) in [5.41, 5.74) is 1.55. The molecule has 1 N–H and O–H groups in total. The summed E-state index contributed by atoms with van der Waals surface area (Å²) < 4.78 is 30.5. The Morgan fingerprint density at radius 2 is 2.00 bits per heavy atom. The summed E-state index contributed by atoms with van der Waals surface area (Å²) in [5, 5.41) is 3.20. The average Bonchev–Trinajstić information content (AvgIpc) is 3.07. The minimum Gasteiger partial charge on any atom is -0.472 e. The average molecular weight is 420 g/mol. The van der Waals surface area contributed by atoms with Gasteiger partial charge in [-0.1, -0.05) is 35.9 Å². The van der Waals surface area contributed by atoms with Gasteiger partial charge in [-0.3, -0.25) is 4.79 Å². The molecule has 146 valence electrons. The highest BCUT2D eigenvalue weighted by molar-refractivity contribution is 7.72. The van der Waals surface area contributed by atoms with Crippen LogP contribution in [0.4, 0.5) is 5.69 Å². The van der Waals surface area contributed by atoms with Crippen LogP contribution in [0.15, 0.2) is 59.9 Å². The summed E-state index contributed by atoms with van der Waals surface area (Å²) >= 11 is 6.07. The lowest BCUT2D eigenvalue weighted by Crippen LogP contribution is -2.15. The number of carbonyl (C=O) groups excluding carboxylic acids is 1. The second-order valence-corrected chi connectivity index (χ2v) is 7.49. The van der Waals surface area contributed by atoms with E-state index in [4.69, 9.17) is 16.3 Å². The molecule has 0 bridgehead atoms. The molecule has 0 aliphatic carbocycles. The first-order valence-corrected chi connectivity index (χ1v) is 9.89. The lowest BCUT2D eigenvalue weighted by molar-refractivity contribution is -0.115. The Bertz CT molecular complexity index is 1070. The van der Waals surface area contributed by atoms with E-state index in [1.807, 2.05) is 0 Å². The number of halogens is 1. The molecule has 1 aromatic heterocycles. The number of thiol groups is 1. The zero-order chi connectivity index (χ0) is 20.1. The van der Waals surface area contributed by atoms with Crippen LogP contribution in [-0.4, -0.2) is 23.9 Å². The molecule has 7 nitrogen and oxygen atoms in total. The van der Waals surface area contributed by atoms with Crippen molar-refractivity contribution in [3.05, 3.63) is 71.1 Å². The minimum absolute atomic E-state index is 0.0451. The molecule has 0 unspecified atom stereocenters. The van der Waals surface area contributed by atoms with E-state index < -0.39 is 10.7 Å². The molecule has 1 amide bonds. The van der Waals surface area contributed by atoms with Gasteiger partial charge in [0.05, 0.1) is 23.8 Å². The van der Waals surface area contributed by atoms with Crippen molar-refractivity contribution in [3.63, 3.8) is 0 Å². The zero-order valence-electron chi connectivity index (χ0n) is 15.0. The molecule has 0 spiro atoms. The largest absolute Gasteiger partial charge is 0.472 e. The van der Waals surface area contributed by atoms with Crippen molar-refractivity contribution in [2.75, 3.05) is 5.32 Å². The fraction of sp³-hybridized carbons (Fsp3) is 0.158. The number of hydrogen-bond donors (Lipinski definition) is 2. The molecular weight excluding hydrogens is 402 g/mol. The van der Waals surface area contributed by atoms with Crippen LogP contribution in [0.5, 0.6) is 5.88 Å². The normalized spacial score (nSPS) is 10.8. The summed E-state index contributed by atoms with van der Waals surface area (Å²) in [6.07, 6.45) is 3.35. The maximum absolute atomic E-state index is 12.3. The highest BCUT2D eigenvalue weighted by Gasteiger charge is 2.11. The first-order valence-electron chi connectivity index (χ1n) is 8.33. The maximum atomic E-state index is 12.3. The Morgan fingerprint density at radius 1 is 1.21 bits per heavy atom. The van der Waals surface area contributed by atoms with Crippen molar-refractivity contribution < 1.29 is 17.9 Å². The number of anilines is 1. The van der Waals surface area contributed by atoms with Crippen LogP contribution in [0, 0.1) is 0 Å². The van der Waals surface area contributed by atoms with Gasteiger partial charge in [-0.05, 0) is 23.8 Å². The van der Waals surface area contributed by atoms with Crippen molar-refractivity contribution in [2.24, 2.45) is 7.05 Å². The number of imidazole rings is 1. The number of carbonyl (C=O) groups is 1.